The molecule has 1 heterocycles. The highest BCUT2D eigenvalue weighted by atomic mass is 16.1. The van der Waals surface area contributed by atoms with Gasteiger partial charge in [-0.15, -0.1) is 10.2 Å². The van der Waals surface area contributed by atoms with E-state index in [1.165, 1.54) is 12.8 Å². The van der Waals surface area contributed by atoms with E-state index in [0.717, 1.165) is 31.5 Å². The normalized spacial score (nSPS) is 30.2. The Bertz CT molecular complexity index is 492. The second kappa shape index (κ2) is 5.16. The molecular formula is C14H23N5O. The van der Waals surface area contributed by atoms with Gasteiger partial charge in [0.25, 0.3) is 0 Å². The average molecular weight is 277 g/mol. The van der Waals surface area contributed by atoms with Crippen LogP contribution in [-0.2, 0) is 11.3 Å². The second-order valence-corrected chi connectivity index (χ2v) is 6.41. The van der Waals surface area contributed by atoms with E-state index in [0.29, 0.717) is 12.6 Å². The van der Waals surface area contributed by atoms with Crippen molar-refractivity contribution >= 4 is 5.91 Å². The van der Waals surface area contributed by atoms with Crippen LogP contribution < -0.4 is 11.1 Å². The van der Waals surface area contributed by atoms with Gasteiger partial charge in [-0.05, 0) is 32.6 Å². The predicted octanol–water partition coefficient (Wildman–Crippen LogP) is 1.14. The Hall–Kier alpha value is -1.43. The van der Waals surface area contributed by atoms with E-state index < -0.39 is 0 Å². The molecule has 0 saturated heterocycles. The SMILES string of the molecule is CC1(N)CCCCC1C(=O)NCc1nncn1C1CC1. The fourth-order valence-corrected chi connectivity index (χ4v) is 3.13. The number of nitrogens with zero attached hydrogens (tertiary/aromatic N) is 3. The van der Waals surface area contributed by atoms with Crippen molar-refractivity contribution in [3.63, 3.8) is 0 Å². The Labute approximate surface area is 119 Å². The van der Waals surface area contributed by atoms with Gasteiger partial charge in [-0.25, -0.2) is 0 Å². The lowest BCUT2D eigenvalue weighted by Gasteiger charge is -2.37. The van der Waals surface area contributed by atoms with Gasteiger partial charge in [-0.1, -0.05) is 12.8 Å². The molecule has 2 unspecified atom stereocenters. The summed E-state index contributed by atoms with van der Waals surface area (Å²) in [6.07, 6.45) is 8.13. The minimum absolute atomic E-state index is 0.0556. The number of nitrogens with one attached hydrogen (secondary N) is 1. The van der Waals surface area contributed by atoms with E-state index in [9.17, 15) is 4.79 Å². The average Bonchev–Trinajstić information content (AvgIpc) is 3.14. The predicted molar refractivity (Wildman–Crippen MR) is 74.7 cm³/mol. The second-order valence-electron chi connectivity index (χ2n) is 6.41. The van der Waals surface area contributed by atoms with Gasteiger partial charge in [-0.3, -0.25) is 4.79 Å². The first-order valence-electron chi connectivity index (χ1n) is 7.53. The maximum Gasteiger partial charge on any atom is 0.225 e. The molecule has 6 nitrogen and oxygen atoms in total. The number of carbonyl (C=O) groups excluding carboxylic acids is 1. The van der Waals surface area contributed by atoms with E-state index in [-0.39, 0.29) is 17.4 Å². The largest absolute Gasteiger partial charge is 0.348 e. The summed E-state index contributed by atoms with van der Waals surface area (Å²) >= 11 is 0. The van der Waals surface area contributed by atoms with Gasteiger partial charge in [0.05, 0.1) is 12.5 Å². The Kier molecular flexibility index (Phi) is 3.50. The molecule has 20 heavy (non-hydrogen) atoms. The van der Waals surface area contributed by atoms with E-state index in [2.05, 4.69) is 20.1 Å². The third-order valence-corrected chi connectivity index (χ3v) is 4.58. The molecule has 0 radical (unpaired) electrons. The third-order valence-electron chi connectivity index (χ3n) is 4.58. The molecule has 2 fully saturated rings. The van der Waals surface area contributed by atoms with Crippen LogP contribution in [0.2, 0.25) is 0 Å². The summed E-state index contributed by atoms with van der Waals surface area (Å²) in [5, 5.41) is 11.0. The van der Waals surface area contributed by atoms with Crippen LogP contribution in [-0.4, -0.2) is 26.2 Å². The molecular weight excluding hydrogens is 254 g/mol. The Morgan fingerprint density at radius 3 is 3.00 bits per heavy atom. The van der Waals surface area contributed by atoms with Crippen molar-refractivity contribution in [2.45, 2.75) is 63.6 Å². The molecule has 3 rings (SSSR count). The van der Waals surface area contributed by atoms with Crippen LogP contribution in [0.3, 0.4) is 0 Å². The molecule has 2 aliphatic rings. The summed E-state index contributed by atoms with van der Waals surface area (Å²) in [6, 6.07) is 0.534. The molecule has 1 aromatic heterocycles. The van der Waals surface area contributed by atoms with Crippen molar-refractivity contribution in [1.29, 1.82) is 0 Å². The first-order chi connectivity index (χ1) is 9.58. The molecule has 0 aromatic carbocycles. The summed E-state index contributed by atoms with van der Waals surface area (Å²) in [7, 11) is 0. The summed E-state index contributed by atoms with van der Waals surface area (Å²) < 4.78 is 2.07. The summed E-state index contributed by atoms with van der Waals surface area (Å²) in [5.41, 5.74) is 5.88. The van der Waals surface area contributed by atoms with Crippen molar-refractivity contribution in [2.75, 3.05) is 0 Å². The van der Waals surface area contributed by atoms with Gasteiger partial charge in [0.1, 0.15) is 6.33 Å². The quantitative estimate of drug-likeness (QED) is 0.864. The molecule has 2 saturated carbocycles. The maximum absolute atomic E-state index is 12.4. The molecule has 3 N–H and O–H groups in total. The highest BCUT2D eigenvalue weighted by Gasteiger charge is 2.37. The van der Waals surface area contributed by atoms with Gasteiger partial charge >= 0.3 is 0 Å². The van der Waals surface area contributed by atoms with Crippen LogP contribution in [0.1, 0.15) is 57.3 Å². The van der Waals surface area contributed by atoms with Crippen LogP contribution in [0, 0.1) is 5.92 Å². The number of amides is 1. The van der Waals surface area contributed by atoms with Crippen LogP contribution >= 0.6 is 0 Å². The number of rotatable bonds is 4. The van der Waals surface area contributed by atoms with Crippen LogP contribution in [0.5, 0.6) is 0 Å². The lowest BCUT2D eigenvalue weighted by atomic mass is 9.74. The molecule has 2 aliphatic carbocycles. The minimum atomic E-state index is -0.382. The van der Waals surface area contributed by atoms with E-state index >= 15 is 0 Å². The fraction of sp³-hybridized carbons (Fsp3) is 0.786. The molecule has 0 bridgehead atoms. The van der Waals surface area contributed by atoms with Crippen LogP contribution in [0.4, 0.5) is 0 Å². The molecule has 6 heteroatoms. The van der Waals surface area contributed by atoms with Crippen LogP contribution in [0.25, 0.3) is 0 Å². The lowest BCUT2D eigenvalue weighted by Crippen LogP contribution is -2.52. The van der Waals surface area contributed by atoms with Gasteiger partial charge in [0.2, 0.25) is 5.91 Å². The van der Waals surface area contributed by atoms with Crippen molar-refractivity contribution in [1.82, 2.24) is 20.1 Å². The highest BCUT2D eigenvalue weighted by Crippen LogP contribution is 2.35. The van der Waals surface area contributed by atoms with E-state index in [4.69, 9.17) is 5.73 Å². The smallest absolute Gasteiger partial charge is 0.225 e. The van der Waals surface area contributed by atoms with Crippen LogP contribution in [0.15, 0.2) is 6.33 Å². The zero-order valence-electron chi connectivity index (χ0n) is 12.0. The highest BCUT2D eigenvalue weighted by molar-refractivity contribution is 5.80. The molecule has 0 aliphatic heterocycles. The van der Waals surface area contributed by atoms with E-state index in [1.807, 2.05) is 6.92 Å². The minimum Gasteiger partial charge on any atom is -0.348 e. The number of hydrogen-bond acceptors (Lipinski definition) is 4. The monoisotopic (exact) mass is 277 g/mol. The van der Waals surface area contributed by atoms with E-state index in [1.54, 1.807) is 6.33 Å². The first-order valence-corrected chi connectivity index (χ1v) is 7.53. The third kappa shape index (κ3) is 2.70. The number of nitrogens with two attached hydrogens (primary N) is 1. The fourth-order valence-electron chi connectivity index (χ4n) is 3.13. The zero-order chi connectivity index (χ0) is 14.2. The zero-order valence-corrected chi connectivity index (χ0v) is 12.0. The van der Waals surface area contributed by atoms with Crippen molar-refractivity contribution < 1.29 is 4.79 Å². The van der Waals surface area contributed by atoms with Gasteiger partial charge in [0.15, 0.2) is 5.82 Å². The Balaban J connectivity index is 1.60. The number of hydrogen-bond donors (Lipinski definition) is 2. The molecule has 2 atom stereocenters. The lowest BCUT2D eigenvalue weighted by molar-refractivity contribution is -0.128. The maximum atomic E-state index is 12.4. The number of aromatic nitrogens is 3. The summed E-state index contributed by atoms with van der Waals surface area (Å²) in [6.45, 7) is 2.44. The van der Waals surface area contributed by atoms with Crippen molar-refractivity contribution in [2.24, 2.45) is 11.7 Å². The molecule has 110 valence electrons. The topological polar surface area (TPSA) is 85.8 Å². The molecule has 1 amide bonds. The Morgan fingerprint density at radius 2 is 2.30 bits per heavy atom. The summed E-state index contributed by atoms with van der Waals surface area (Å²) in [5.74, 6) is 0.809. The van der Waals surface area contributed by atoms with Crippen molar-refractivity contribution in [3.8, 4) is 0 Å². The van der Waals surface area contributed by atoms with Gasteiger partial charge in [-0.2, -0.15) is 0 Å². The first kappa shape index (κ1) is 13.5. The number of carbonyl (C=O) groups is 1. The van der Waals surface area contributed by atoms with Crippen molar-refractivity contribution in [3.05, 3.63) is 12.2 Å². The standard InChI is InChI=1S/C14H23N5O/c1-14(15)7-3-2-4-11(14)13(20)16-8-12-18-17-9-19(12)10-5-6-10/h9-11H,2-8,15H2,1H3,(H,16,20). The molecule has 0 spiro atoms. The Morgan fingerprint density at radius 1 is 1.50 bits per heavy atom. The van der Waals surface area contributed by atoms with Gasteiger partial charge in [0, 0.05) is 11.6 Å². The summed E-state index contributed by atoms with van der Waals surface area (Å²) in [4.78, 5) is 12.4. The van der Waals surface area contributed by atoms with Gasteiger partial charge < -0.3 is 15.6 Å². The molecule has 1 aromatic rings.